The molecule has 20 heavy (non-hydrogen) atoms. The summed E-state index contributed by atoms with van der Waals surface area (Å²) in [5.74, 6) is -1.67. The van der Waals surface area contributed by atoms with Gasteiger partial charge in [0.1, 0.15) is 11.8 Å². The maximum Gasteiger partial charge on any atom is 0.573 e. The molecule has 1 atom stereocenters. The predicted molar refractivity (Wildman–Crippen MR) is 62.1 cm³/mol. The standard InChI is InChI=1S/C12H12F3NO4/c1-7(11(18)19-2)16-10(17)8-3-5-9(6-4-8)20-12(13,14)15/h3-7H,1-2H3,(H,16,17). The highest BCUT2D eigenvalue weighted by atomic mass is 19.4. The van der Waals surface area contributed by atoms with Crippen LogP contribution in [0.4, 0.5) is 13.2 Å². The third-order valence-corrected chi connectivity index (χ3v) is 2.25. The average Bonchev–Trinajstić information content (AvgIpc) is 2.36. The summed E-state index contributed by atoms with van der Waals surface area (Å²) >= 11 is 0. The first-order chi connectivity index (χ1) is 9.23. The van der Waals surface area contributed by atoms with Crippen LogP contribution in [0.25, 0.3) is 0 Å². The zero-order valence-electron chi connectivity index (χ0n) is 10.7. The molecule has 1 unspecified atom stereocenters. The molecule has 1 rings (SSSR count). The highest BCUT2D eigenvalue weighted by Gasteiger charge is 2.31. The number of carbonyl (C=O) groups excluding carboxylic acids is 2. The Morgan fingerprint density at radius 2 is 1.75 bits per heavy atom. The van der Waals surface area contributed by atoms with Crippen molar-refractivity contribution in [2.24, 2.45) is 0 Å². The van der Waals surface area contributed by atoms with E-state index in [1.54, 1.807) is 0 Å². The lowest BCUT2D eigenvalue weighted by Crippen LogP contribution is -2.39. The molecule has 0 aliphatic heterocycles. The Bertz CT molecular complexity index is 484. The van der Waals surface area contributed by atoms with Crippen LogP contribution in [0.1, 0.15) is 17.3 Å². The van der Waals surface area contributed by atoms with Gasteiger partial charge in [0.2, 0.25) is 0 Å². The number of carbonyl (C=O) groups is 2. The molecule has 1 aromatic rings. The van der Waals surface area contributed by atoms with E-state index in [0.29, 0.717) is 0 Å². The summed E-state index contributed by atoms with van der Waals surface area (Å²) in [4.78, 5) is 22.8. The number of hydrogen-bond acceptors (Lipinski definition) is 4. The van der Waals surface area contributed by atoms with E-state index < -0.39 is 30.0 Å². The summed E-state index contributed by atoms with van der Waals surface area (Å²) in [6, 6.07) is 3.45. The molecule has 0 heterocycles. The number of alkyl halides is 3. The van der Waals surface area contributed by atoms with Gasteiger partial charge in [-0.25, -0.2) is 4.79 Å². The van der Waals surface area contributed by atoms with Gasteiger partial charge in [0, 0.05) is 5.56 Å². The van der Waals surface area contributed by atoms with Gasteiger partial charge in [0.05, 0.1) is 7.11 Å². The maximum absolute atomic E-state index is 11.9. The molecule has 0 aromatic heterocycles. The number of methoxy groups -OCH3 is 1. The second-order valence-corrected chi connectivity index (χ2v) is 3.79. The average molecular weight is 291 g/mol. The molecule has 0 radical (unpaired) electrons. The molecular weight excluding hydrogens is 279 g/mol. The van der Waals surface area contributed by atoms with Crippen molar-refractivity contribution in [1.29, 1.82) is 0 Å². The molecule has 5 nitrogen and oxygen atoms in total. The van der Waals surface area contributed by atoms with Gasteiger partial charge in [-0.2, -0.15) is 0 Å². The van der Waals surface area contributed by atoms with Crippen molar-refractivity contribution in [3.8, 4) is 5.75 Å². The van der Waals surface area contributed by atoms with Gasteiger partial charge in [-0.05, 0) is 31.2 Å². The Balaban J connectivity index is 2.69. The third kappa shape index (κ3) is 4.79. The number of rotatable bonds is 4. The minimum atomic E-state index is -4.79. The van der Waals surface area contributed by atoms with Crippen LogP contribution in [-0.2, 0) is 9.53 Å². The molecule has 0 saturated carbocycles. The van der Waals surface area contributed by atoms with Gasteiger partial charge >= 0.3 is 12.3 Å². The van der Waals surface area contributed by atoms with Crippen molar-refractivity contribution in [2.45, 2.75) is 19.3 Å². The Morgan fingerprint density at radius 1 is 1.20 bits per heavy atom. The second kappa shape index (κ2) is 6.27. The Hall–Kier alpha value is -2.25. The molecule has 0 fully saturated rings. The minimum Gasteiger partial charge on any atom is -0.467 e. The van der Waals surface area contributed by atoms with Gasteiger partial charge in [-0.1, -0.05) is 0 Å². The van der Waals surface area contributed by atoms with E-state index in [4.69, 9.17) is 0 Å². The van der Waals surface area contributed by atoms with E-state index in [2.05, 4.69) is 14.8 Å². The van der Waals surface area contributed by atoms with Crippen molar-refractivity contribution in [1.82, 2.24) is 5.32 Å². The van der Waals surface area contributed by atoms with Crippen molar-refractivity contribution in [3.63, 3.8) is 0 Å². The van der Waals surface area contributed by atoms with Crippen LogP contribution in [0.15, 0.2) is 24.3 Å². The van der Waals surface area contributed by atoms with Gasteiger partial charge in [0.25, 0.3) is 5.91 Å². The van der Waals surface area contributed by atoms with Gasteiger partial charge in [-0.15, -0.1) is 13.2 Å². The van der Waals surface area contributed by atoms with Crippen LogP contribution < -0.4 is 10.1 Å². The van der Waals surface area contributed by atoms with Crippen LogP contribution in [-0.4, -0.2) is 31.4 Å². The smallest absolute Gasteiger partial charge is 0.467 e. The van der Waals surface area contributed by atoms with Gasteiger partial charge in [0.15, 0.2) is 0 Å². The first-order valence-corrected chi connectivity index (χ1v) is 5.47. The number of hydrogen-bond donors (Lipinski definition) is 1. The molecular formula is C12H12F3NO4. The van der Waals surface area contributed by atoms with Gasteiger partial charge < -0.3 is 14.8 Å². The van der Waals surface area contributed by atoms with E-state index in [0.717, 1.165) is 24.3 Å². The Labute approximate surface area is 112 Å². The molecule has 1 amide bonds. The van der Waals surface area contributed by atoms with Gasteiger partial charge in [-0.3, -0.25) is 4.79 Å². The number of nitrogens with one attached hydrogen (secondary N) is 1. The molecule has 8 heteroatoms. The molecule has 0 aliphatic carbocycles. The number of amides is 1. The topological polar surface area (TPSA) is 64.6 Å². The number of ether oxygens (including phenoxy) is 2. The first kappa shape index (κ1) is 15.8. The van der Waals surface area contributed by atoms with Crippen molar-refractivity contribution in [2.75, 3.05) is 7.11 Å². The monoisotopic (exact) mass is 291 g/mol. The first-order valence-electron chi connectivity index (χ1n) is 5.47. The fourth-order valence-electron chi connectivity index (χ4n) is 1.32. The van der Waals surface area contributed by atoms with Crippen molar-refractivity contribution in [3.05, 3.63) is 29.8 Å². The fraction of sp³-hybridized carbons (Fsp3) is 0.333. The van der Waals surface area contributed by atoms with Crippen molar-refractivity contribution >= 4 is 11.9 Å². The van der Waals surface area contributed by atoms with Crippen LogP contribution in [0.2, 0.25) is 0 Å². The summed E-state index contributed by atoms with van der Waals surface area (Å²) in [5.41, 5.74) is 0.0928. The molecule has 1 N–H and O–H groups in total. The summed E-state index contributed by atoms with van der Waals surface area (Å²) < 4.78 is 43.9. The third-order valence-electron chi connectivity index (χ3n) is 2.25. The normalized spacial score (nSPS) is 12.4. The highest BCUT2D eigenvalue weighted by molar-refractivity contribution is 5.96. The molecule has 0 saturated heterocycles. The second-order valence-electron chi connectivity index (χ2n) is 3.79. The largest absolute Gasteiger partial charge is 0.573 e. The summed E-state index contributed by atoms with van der Waals surface area (Å²) in [5, 5.41) is 2.34. The molecule has 0 bridgehead atoms. The molecule has 0 aliphatic rings. The van der Waals surface area contributed by atoms with Crippen LogP contribution in [0.3, 0.4) is 0 Å². The summed E-state index contributed by atoms with van der Waals surface area (Å²) in [6.45, 7) is 1.42. The molecule has 1 aromatic carbocycles. The van der Waals surface area contributed by atoms with Crippen LogP contribution >= 0.6 is 0 Å². The minimum absolute atomic E-state index is 0.0928. The molecule has 0 spiro atoms. The lowest BCUT2D eigenvalue weighted by atomic mass is 10.2. The van der Waals surface area contributed by atoms with E-state index in [-0.39, 0.29) is 5.56 Å². The SMILES string of the molecule is COC(=O)C(C)NC(=O)c1ccc(OC(F)(F)F)cc1. The lowest BCUT2D eigenvalue weighted by Gasteiger charge is -2.12. The highest BCUT2D eigenvalue weighted by Crippen LogP contribution is 2.22. The fourth-order valence-corrected chi connectivity index (χ4v) is 1.32. The predicted octanol–water partition coefficient (Wildman–Crippen LogP) is 1.88. The van der Waals surface area contributed by atoms with E-state index in [1.165, 1.54) is 14.0 Å². The Morgan fingerprint density at radius 3 is 2.20 bits per heavy atom. The Kier molecular flexibility index (Phi) is 4.95. The quantitative estimate of drug-likeness (QED) is 0.860. The zero-order chi connectivity index (χ0) is 15.3. The van der Waals surface area contributed by atoms with Crippen LogP contribution in [0.5, 0.6) is 5.75 Å². The van der Waals surface area contributed by atoms with E-state index in [1.807, 2.05) is 0 Å². The lowest BCUT2D eigenvalue weighted by molar-refractivity contribution is -0.274. The number of benzene rings is 1. The van der Waals surface area contributed by atoms with E-state index >= 15 is 0 Å². The summed E-state index contributed by atoms with van der Waals surface area (Å²) in [7, 11) is 1.17. The zero-order valence-corrected chi connectivity index (χ0v) is 10.7. The maximum atomic E-state index is 11.9. The number of esters is 1. The van der Waals surface area contributed by atoms with E-state index in [9.17, 15) is 22.8 Å². The molecule has 110 valence electrons. The van der Waals surface area contributed by atoms with Crippen molar-refractivity contribution < 1.29 is 32.2 Å². The summed E-state index contributed by atoms with van der Waals surface area (Å²) in [6.07, 6.45) is -4.79. The number of halogens is 3. The van der Waals surface area contributed by atoms with Crippen LogP contribution in [0, 0.1) is 0 Å².